The first-order valence-electron chi connectivity index (χ1n) is 4.81. The summed E-state index contributed by atoms with van der Waals surface area (Å²) < 4.78 is 18.4. The van der Waals surface area contributed by atoms with Gasteiger partial charge in [0, 0.05) is 0 Å². The van der Waals surface area contributed by atoms with Gasteiger partial charge in [-0.1, -0.05) is 4.98 Å². The highest BCUT2D eigenvalue weighted by atomic mass is 19.1. The van der Waals surface area contributed by atoms with Crippen LogP contribution in [0.1, 0.15) is 6.23 Å². The summed E-state index contributed by atoms with van der Waals surface area (Å²) >= 11 is 0. The Morgan fingerprint density at radius 2 is 2.29 bits per heavy atom. The minimum Gasteiger partial charge on any atom is -0.390 e. The maximum Gasteiger partial charge on any atom is 0.436 e. The molecule has 8 nitrogen and oxygen atoms in total. The van der Waals surface area contributed by atoms with E-state index in [0.717, 1.165) is 10.8 Å². The zero-order valence-electron chi connectivity index (χ0n) is 8.51. The van der Waals surface area contributed by atoms with Gasteiger partial charge in [-0.2, -0.15) is 4.57 Å². The molecule has 1 aromatic heterocycles. The standard InChI is InChI=1S/C8H10FN3O5/c9-3-4-5(13)6(14)7(17-4)11-2-1-10-8(11)12(15)16/h1-2,4-7,13-14H,3H2/t4-,5-,6+,7+/m1/s1. The number of nitro groups is 1. The van der Waals surface area contributed by atoms with Crippen LogP contribution < -0.4 is 0 Å². The number of aromatic nitrogens is 2. The maximum atomic E-state index is 12.4. The van der Waals surface area contributed by atoms with Gasteiger partial charge >= 0.3 is 5.95 Å². The van der Waals surface area contributed by atoms with Crippen molar-refractivity contribution in [1.29, 1.82) is 0 Å². The summed E-state index contributed by atoms with van der Waals surface area (Å²) in [4.78, 5) is 13.3. The average Bonchev–Trinajstić information content (AvgIpc) is 2.86. The van der Waals surface area contributed by atoms with E-state index in [2.05, 4.69) is 4.98 Å². The summed E-state index contributed by atoms with van der Waals surface area (Å²) in [7, 11) is 0. The van der Waals surface area contributed by atoms with Crippen LogP contribution in [-0.2, 0) is 4.74 Å². The van der Waals surface area contributed by atoms with E-state index in [1.807, 2.05) is 0 Å². The molecule has 2 heterocycles. The zero-order chi connectivity index (χ0) is 12.6. The van der Waals surface area contributed by atoms with Gasteiger partial charge in [-0.05, 0) is 4.92 Å². The Morgan fingerprint density at radius 1 is 1.59 bits per heavy atom. The monoisotopic (exact) mass is 247 g/mol. The molecule has 0 unspecified atom stereocenters. The molecule has 94 valence electrons. The third-order valence-corrected chi connectivity index (χ3v) is 2.57. The molecule has 0 aliphatic carbocycles. The molecular formula is C8H10FN3O5. The van der Waals surface area contributed by atoms with E-state index < -0.39 is 42.1 Å². The third-order valence-electron chi connectivity index (χ3n) is 2.57. The summed E-state index contributed by atoms with van der Waals surface area (Å²) in [6.07, 6.45) is -2.90. The Hall–Kier alpha value is -1.58. The molecule has 0 saturated carbocycles. The Morgan fingerprint density at radius 3 is 2.82 bits per heavy atom. The van der Waals surface area contributed by atoms with Crippen molar-refractivity contribution in [2.24, 2.45) is 0 Å². The molecule has 1 fully saturated rings. The Labute approximate surface area is 94.4 Å². The van der Waals surface area contributed by atoms with Gasteiger partial charge in [0.25, 0.3) is 0 Å². The third kappa shape index (κ3) is 1.88. The van der Waals surface area contributed by atoms with Crippen molar-refractivity contribution in [1.82, 2.24) is 9.55 Å². The maximum absolute atomic E-state index is 12.4. The molecule has 0 aromatic carbocycles. The predicted molar refractivity (Wildman–Crippen MR) is 50.8 cm³/mol. The van der Waals surface area contributed by atoms with Crippen LogP contribution in [0.2, 0.25) is 0 Å². The average molecular weight is 247 g/mol. The first-order valence-corrected chi connectivity index (χ1v) is 4.81. The molecule has 9 heteroatoms. The summed E-state index contributed by atoms with van der Waals surface area (Å²) in [6, 6.07) is 0. The van der Waals surface area contributed by atoms with Crippen LogP contribution in [0.5, 0.6) is 0 Å². The number of hydrogen-bond donors (Lipinski definition) is 2. The lowest BCUT2D eigenvalue weighted by Gasteiger charge is -2.13. The number of hydrogen-bond acceptors (Lipinski definition) is 6. The van der Waals surface area contributed by atoms with Crippen molar-refractivity contribution in [3.05, 3.63) is 22.5 Å². The minimum absolute atomic E-state index is 0.541. The van der Waals surface area contributed by atoms with Crippen molar-refractivity contribution < 1.29 is 24.3 Å². The Kier molecular flexibility index (Phi) is 3.05. The molecule has 1 saturated heterocycles. The van der Waals surface area contributed by atoms with Gasteiger partial charge in [0.05, 0.1) is 0 Å². The van der Waals surface area contributed by atoms with E-state index >= 15 is 0 Å². The van der Waals surface area contributed by atoms with Crippen LogP contribution in [0.25, 0.3) is 0 Å². The van der Waals surface area contributed by atoms with Gasteiger partial charge in [0.2, 0.25) is 6.23 Å². The van der Waals surface area contributed by atoms with Crippen molar-refractivity contribution >= 4 is 5.95 Å². The molecule has 0 bridgehead atoms. The van der Waals surface area contributed by atoms with Crippen molar-refractivity contribution in [3.8, 4) is 0 Å². The lowest BCUT2D eigenvalue weighted by atomic mass is 10.1. The zero-order valence-corrected chi connectivity index (χ0v) is 8.51. The van der Waals surface area contributed by atoms with Crippen molar-refractivity contribution in [2.45, 2.75) is 24.5 Å². The van der Waals surface area contributed by atoms with E-state index in [1.165, 1.54) is 6.20 Å². The lowest BCUT2D eigenvalue weighted by molar-refractivity contribution is -0.398. The van der Waals surface area contributed by atoms with E-state index in [4.69, 9.17) is 4.74 Å². The van der Waals surface area contributed by atoms with Crippen molar-refractivity contribution in [3.63, 3.8) is 0 Å². The summed E-state index contributed by atoms with van der Waals surface area (Å²) in [6.45, 7) is -0.989. The van der Waals surface area contributed by atoms with Crippen molar-refractivity contribution in [2.75, 3.05) is 6.67 Å². The quantitative estimate of drug-likeness (QED) is 0.544. The van der Waals surface area contributed by atoms with Gasteiger partial charge in [-0.25, -0.2) is 4.39 Å². The topological polar surface area (TPSA) is 111 Å². The van der Waals surface area contributed by atoms with Gasteiger partial charge in [-0.3, -0.25) is 0 Å². The molecule has 1 aliphatic heterocycles. The molecule has 0 radical (unpaired) electrons. The first kappa shape index (κ1) is 11.9. The highest BCUT2D eigenvalue weighted by Crippen LogP contribution is 2.31. The van der Waals surface area contributed by atoms with E-state index in [1.54, 1.807) is 0 Å². The van der Waals surface area contributed by atoms with Gasteiger partial charge in [0.15, 0.2) is 0 Å². The van der Waals surface area contributed by atoms with Crippen LogP contribution >= 0.6 is 0 Å². The fraction of sp³-hybridized carbons (Fsp3) is 0.625. The number of nitrogens with zero attached hydrogens (tertiary/aromatic N) is 3. The molecule has 17 heavy (non-hydrogen) atoms. The largest absolute Gasteiger partial charge is 0.436 e. The number of imidazole rings is 1. The molecule has 0 amide bonds. The predicted octanol–water partition coefficient (Wildman–Crippen LogP) is -0.620. The second-order valence-corrected chi connectivity index (χ2v) is 3.59. The van der Waals surface area contributed by atoms with Gasteiger partial charge in [0.1, 0.15) is 37.4 Å². The van der Waals surface area contributed by atoms with Gasteiger partial charge in [-0.15, -0.1) is 0 Å². The normalized spacial score (nSPS) is 32.9. The van der Waals surface area contributed by atoms with Crippen LogP contribution in [-0.4, -0.2) is 49.7 Å². The highest BCUT2D eigenvalue weighted by Gasteiger charge is 2.46. The van der Waals surface area contributed by atoms with E-state index in [-0.39, 0.29) is 0 Å². The van der Waals surface area contributed by atoms with Crippen LogP contribution in [0.15, 0.2) is 12.4 Å². The molecule has 2 N–H and O–H groups in total. The Balaban J connectivity index is 2.29. The van der Waals surface area contributed by atoms with Crippen LogP contribution in [0, 0.1) is 10.1 Å². The molecular weight excluding hydrogens is 237 g/mol. The number of halogens is 1. The fourth-order valence-corrected chi connectivity index (χ4v) is 1.73. The number of aliphatic hydroxyl groups excluding tert-OH is 2. The van der Waals surface area contributed by atoms with E-state index in [9.17, 15) is 24.7 Å². The second-order valence-electron chi connectivity index (χ2n) is 3.59. The van der Waals surface area contributed by atoms with E-state index in [0.29, 0.717) is 0 Å². The van der Waals surface area contributed by atoms with Crippen LogP contribution in [0.3, 0.4) is 0 Å². The molecule has 2 rings (SSSR count). The first-order chi connectivity index (χ1) is 8.06. The molecule has 0 spiro atoms. The number of rotatable bonds is 3. The van der Waals surface area contributed by atoms with Crippen LogP contribution in [0.4, 0.5) is 10.3 Å². The minimum atomic E-state index is -1.44. The number of aliphatic hydroxyl groups is 2. The smallest absolute Gasteiger partial charge is 0.390 e. The Bertz CT molecular complexity index is 425. The van der Waals surface area contributed by atoms with Gasteiger partial charge < -0.3 is 25.1 Å². The highest BCUT2D eigenvalue weighted by molar-refractivity contribution is 5.09. The summed E-state index contributed by atoms with van der Waals surface area (Å²) in [5, 5.41) is 29.7. The fourth-order valence-electron chi connectivity index (χ4n) is 1.73. The lowest BCUT2D eigenvalue weighted by Crippen LogP contribution is -2.32. The second kappa shape index (κ2) is 4.35. The molecule has 1 aliphatic rings. The summed E-state index contributed by atoms with van der Waals surface area (Å²) in [5.41, 5.74) is 0. The number of alkyl halides is 1. The number of ether oxygens (including phenoxy) is 1. The molecule has 4 atom stereocenters. The summed E-state index contributed by atoms with van der Waals surface area (Å²) in [5.74, 6) is -0.541. The molecule has 1 aromatic rings. The SMILES string of the molecule is O=[N+]([O-])c1nccn1[C@H]1O[C@H](CF)[C@@H](O)[C@@H]1O.